The quantitative estimate of drug-likeness (QED) is 0.823. The highest BCUT2D eigenvalue weighted by Gasteiger charge is 2.51. The summed E-state index contributed by atoms with van der Waals surface area (Å²) in [4.78, 5) is 23.3. The van der Waals surface area contributed by atoms with Gasteiger partial charge in [-0.15, -0.1) is 0 Å². The minimum atomic E-state index is -0.946. The van der Waals surface area contributed by atoms with Crippen LogP contribution in [-0.2, 0) is 11.8 Å². The number of amides is 1. The van der Waals surface area contributed by atoms with Crippen LogP contribution in [0.1, 0.15) is 19.3 Å². The van der Waals surface area contributed by atoms with Crippen LogP contribution in [0.2, 0.25) is 0 Å². The summed E-state index contributed by atoms with van der Waals surface area (Å²) in [6, 6.07) is 2.00. The molecule has 2 bridgehead atoms. The average molecular weight is 370 g/mol. The Hall–Kier alpha value is -2.84. The van der Waals surface area contributed by atoms with Gasteiger partial charge in [-0.1, -0.05) is 0 Å². The Morgan fingerprint density at radius 3 is 2.96 bits per heavy atom. The van der Waals surface area contributed by atoms with E-state index in [2.05, 4.69) is 25.0 Å². The van der Waals surface area contributed by atoms with Gasteiger partial charge in [0, 0.05) is 19.4 Å². The first-order chi connectivity index (χ1) is 13.1. The number of nitrogens with one attached hydrogen (secondary N) is 1. The highest BCUT2D eigenvalue weighted by atomic mass is 19.1. The summed E-state index contributed by atoms with van der Waals surface area (Å²) >= 11 is 0. The topological polar surface area (TPSA) is 79.0 Å². The molecule has 1 saturated heterocycles. The van der Waals surface area contributed by atoms with E-state index in [0.717, 1.165) is 24.3 Å². The van der Waals surface area contributed by atoms with E-state index in [4.69, 9.17) is 0 Å². The average Bonchev–Trinajstić information content (AvgIpc) is 3.16. The molecule has 1 amide bonds. The molecule has 0 spiro atoms. The minimum absolute atomic E-state index is 0.0208. The van der Waals surface area contributed by atoms with Gasteiger partial charge in [0.2, 0.25) is 5.91 Å². The van der Waals surface area contributed by atoms with E-state index in [-0.39, 0.29) is 18.0 Å². The molecule has 27 heavy (non-hydrogen) atoms. The number of carbonyl (C=O) groups excluding carboxylic acids is 1. The maximum atomic E-state index is 13.3. The summed E-state index contributed by atoms with van der Waals surface area (Å²) in [6.07, 6.45) is 8.62. The lowest BCUT2D eigenvalue weighted by Crippen LogP contribution is -2.50. The van der Waals surface area contributed by atoms with Crippen molar-refractivity contribution in [1.82, 2.24) is 24.6 Å². The van der Waals surface area contributed by atoms with E-state index in [9.17, 15) is 9.18 Å². The molecule has 2 aliphatic heterocycles. The molecule has 2 fully saturated rings. The van der Waals surface area contributed by atoms with Gasteiger partial charge in [0.15, 0.2) is 0 Å². The number of aromatic nitrogens is 4. The zero-order valence-electron chi connectivity index (χ0n) is 15.0. The Labute approximate surface area is 155 Å². The number of nitrogens with zero attached hydrogens (tertiary/aromatic N) is 6. The lowest BCUT2D eigenvalue weighted by Gasteiger charge is -2.32. The molecule has 0 radical (unpaired) electrons. The maximum Gasteiger partial charge on any atom is 0.343 e. The molecular weight excluding hydrogens is 349 g/mol. The summed E-state index contributed by atoms with van der Waals surface area (Å²) in [7, 11) is 1.85. The van der Waals surface area contributed by atoms with Crippen LogP contribution in [0.4, 0.5) is 21.8 Å². The van der Waals surface area contributed by atoms with Crippen molar-refractivity contribution in [2.24, 2.45) is 13.0 Å². The van der Waals surface area contributed by atoms with Crippen LogP contribution in [0.5, 0.6) is 0 Å². The van der Waals surface area contributed by atoms with Gasteiger partial charge in [0.25, 0.3) is 0 Å². The predicted molar refractivity (Wildman–Crippen MR) is 96.0 cm³/mol. The van der Waals surface area contributed by atoms with E-state index >= 15 is 0 Å². The number of rotatable bonds is 4. The Morgan fingerprint density at radius 1 is 1.41 bits per heavy atom. The smallest absolute Gasteiger partial charge is 0.325 e. The van der Waals surface area contributed by atoms with E-state index in [1.807, 2.05) is 30.4 Å². The van der Waals surface area contributed by atoms with Crippen molar-refractivity contribution < 1.29 is 13.8 Å². The fourth-order valence-corrected chi connectivity index (χ4v) is 4.04. The Bertz CT molecular complexity index is 926. The van der Waals surface area contributed by atoms with E-state index in [1.54, 1.807) is 17.1 Å². The largest absolute Gasteiger partial charge is 0.343 e. The molecule has 140 valence electrons. The van der Waals surface area contributed by atoms with Crippen LogP contribution in [0.3, 0.4) is 0 Å². The number of anilines is 2. The first kappa shape index (κ1) is 16.3. The van der Waals surface area contributed by atoms with Crippen molar-refractivity contribution in [3.05, 3.63) is 24.7 Å². The first-order valence-electron chi connectivity index (χ1n) is 9.25. The lowest BCUT2D eigenvalue weighted by molar-refractivity contribution is -0.454. The molecular formula is C18H21FN7O+. The number of carbonyl (C=O) groups is 1. The zero-order chi connectivity index (χ0) is 18.5. The minimum Gasteiger partial charge on any atom is -0.325 e. The molecule has 1 aliphatic carbocycles. The summed E-state index contributed by atoms with van der Waals surface area (Å²) in [5.74, 6) is 0.850. The number of hydrogen-bond acceptors (Lipinski definition) is 5. The molecule has 0 aromatic carbocycles. The van der Waals surface area contributed by atoms with Crippen LogP contribution >= 0.6 is 0 Å². The molecule has 8 nitrogen and oxygen atoms in total. The zero-order valence-corrected chi connectivity index (χ0v) is 15.0. The number of halogens is 1. The number of hydrogen-bond donors (Lipinski definition) is 1. The van der Waals surface area contributed by atoms with Crippen LogP contribution < -0.4 is 5.32 Å². The van der Waals surface area contributed by atoms with E-state index < -0.39 is 12.1 Å². The summed E-state index contributed by atoms with van der Waals surface area (Å²) < 4.78 is 17.1. The van der Waals surface area contributed by atoms with Crippen molar-refractivity contribution in [1.29, 1.82) is 0 Å². The molecule has 2 aromatic heterocycles. The second kappa shape index (κ2) is 6.11. The number of fused-ring (bicyclic) bond motifs is 2. The lowest BCUT2D eigenvalue weighted by atomic mass is 10.2. The van der Waals surface area contributed by atoms with Gasteiger partial charge in [-0.05, 0) is 24.2 Å². The molecule has 2 aromatic rings. The normalized spacial score (nSPS) is 28.8. The van der Waals surface area contributed by atoms with Crippen molar-refractivity contribution in [3.8, 4) is 0 Å². The van der Waals surface area contributed by atoms with Gasteiger partial charge in [-0.2, -0.15) is 10.1 Å². The van der Waals surface area contributed by atoms with Crippen LogP contribution in [0.25, 0.3) is 0 Å². The van der Waals surface area contributed by atoms with Gasteiger partial charge >= 0.3 is 11.8 Å². The Kier molecular flexibility index (Phi) is 3.70. The number of alkyl halides is 1. The van der Waals surface area contributed by atoms with Crippen molar-refractivity contribution in [3.63, 3.8) is 0 Å². The standard InChI is InChI=1S/C18H21FN7O/c1-24-8-11(7-21-24)22-18-20-5-4-16(23-18)25-9-12-2-3-13(10-25)26(12)17(27)14-6-15(14)19/h4-5,7-9,12-15H,2-3,6,10H2,1H3,(H,20,22,23)/q+1/t12?,13?,14-,15-/m0/s1. The Balaban J connectivity index is 1.36. The molecule has 2 unspecified atom stereocenters. The van der Waals surface area contributed by atoms with E-state index in [0.29, 0.717) is 18.9 Å². The third kappa shape index (κ3) is 2.96. The summed E-state index contributed by atoms with van der Waals surface area (Å²) in [6.45, 7) is 0.676. The van der Waals surface area contributed by atoms with Gasteiger partial charge in [-0.25, -0.2) is 8.97 Å². The van der Waals surface area contributed by atoms with Crippen molar-refractivity contribution in [2.45, 2.75) is 37.5 Å². The molecule has 3 aliphatic rings. The predicted octanol–water partition coefficient (Wildman–Crippen LogP) is 1.40. The fourth-order valence-electron chi connectivity index (χ4n) is 4.04. The second-order valence-electron chi connectivity index (χ2n) is 7.47. The molecule has 9 heteroatoms. The SMILES string of the molecule is Cn1cc(Nc2nccc([N+]3=CC4CCC(C3)N4C(=O)[C@H]3C[C@@H]3F)n2)cn1. The first-order valence-corrected chi connectivity index (χ1v) is 9.25. The van der Waals surface area contributed by atoms with Gasteiger partial charge in [0.1, 0.15) is 12.7 Å². The molecule has 1 N–H and O–H groups in total. The van der Waals surface area contributed by atoms with Gasteiger partial charge in [-0.3, -0.25) is 14.8 Å². The third-order valence-corrected chi connectivity index (χ3v) is 5.49. The van der Waals surface area contributed by atoms with Gasteiger partial charge < -0.3 is 4.90 Å². The monoisotopic (exact) mass is 370 g/mol. The molecule has 4 atom stereocenters. The van der Waals surface area contributed by atoms with Crippen LogP contribution in [0.15, 0.2) is 24.7 Å². The highest BCUT2D eigenvalue weighted by Crippen LogP contribution is 2.39. The molecule has 1 saturated carbocycles. The van der Waals surface area contributed by atoms with Gasteiger partial charge in [0.05, 0.1) is 42.2 Å². The second-order valence-corrected chi connectivity index (χ2v) is 7.47. The fraction of sp³-hybridized carbons (Fsp3) is 0.500. The van der Waals surface area contributed by atoms with Crippen LogP contribution in [-0.4, -0.2) is 66.1 Å². The molecule has 5 rings (SSSR count). The maximum absolute atomic E-state index is 13.3. The summed E-state index contributed by atoms with van der Waals surface area (Å²) in [5.41, 5.74) is 0.819. The Morgan fingerprint density at radius 2 is 2.26 bits per heavy atom. The molecule has 4 heterocycles. The van der Waals surface area contributed by atoms with E-state index in [1.165, 1.54) is 0 Å². The van der Waals surface area contributed by atoms with Crippen molar-refractivity contribution in [2.75, 3.05) is 11.9 Å². The summed E-state index contributed by atoms with van der Waals surface area (Å²) in [5, 5.41) is 7.27. The number of aryl methyl sites for hydroxylation is 1. The highest BCUT2D eigenvalue weighted by molar-refractivity contribution is 5.86. The van der Waals surface area contributed by atoms with Crippen LogP contribution in [0, 0.1) is 5.92 Å². The third-order valence-electron chi connectivity index (χ3n) is 5.49. The van der Waals surface area contributed by atoms with Crippen molar-refractivity contribution >= 4 is 29.6 Å².